The molecule has 1 heterocycles. The summed E-state index contributed by atoms with van der Waals surface area (Å²) in [6, 6.07) is 12.6. The van der Waals surface area contributed by atoms with Gasteiger partial charge in [-0.05, 0) is 66.7 Å². The van der Waals surface area contributed by atoms with Crippen molar-refractivity contribution >= 4 is 17.2 Å². The van der Waals surface area contributed by atoms with E-state index in [4.69, 9.17) is 16.3 Å². The summed E-state index contributed by atoms with van der Waals surface area (Å²) < 4.78 is 19.7. The SMILES string of the molecule is Cc1ccc(Cl)c(C2=C[C@@]3(CCC(CO)[C@H]3c3ccc(F)cc3)OC2)c1. The Morgan fingerprint density at radius 1 is 1.23 bits per heavy atom. The summed E-state index contributed by atoms with van der Waals surface area (Å²) in [5, 5.41) is 10.6. The van der Waals surface area contributed by atoms with Gasteiger partial charge in [0.15, 0.2) is 0 Å². The predicted molar refractivity (Wildman–Crippen MR) is 102 cm³/mol. The van der Waals surface area contributed by atoms with Crippen molar-refractivity contribution in [3.63, 3.8) is 0 Å². The molecular formula is C22H22ClFO2. The molecule has 2 aromatic carbocycles. The molecule has 0 amide bonds. The second-order valence-corrected chi connectivity index (χ2v) is 7.81. The van der Waals surface area contributed by atoms with E-state index in [0.29, 0.717) is 6.61 Å². The monoisotopic (exact) mass is 372 g/mol. The quantitative estimate of drug-likeness (QED) is 0.809. The highest BCUT2D eigenvalue weighted by molar-refractivity contribution is 6.32. The van der Waals surface area contributed by atoms with Gasteiger partial charge in [-0.3, -0.25) is 0 Å². The first-order valence-electron chi connectivity index (χ1n) is 9.01. The first kappa shape index (κ1) is 17.7. The first-order valence-corrected chi connectivity index (χ1v) is 9.39. The summed E-state index contributed by atoms with van der Waals surface area (Å²) >= 11 is 6.42. The molecule has 0 bridgehead atoms. The molecule has 2 aliphatic rings. The number of hydrogen-bond acceptors (Lipinski definition) is 2. The number of hydrogen-bond donors (Lipinski definition) is 1. The fraction of sp³-hybridized carbons (Fsp3) is 0.364. The average molecular weight is 373 g/mol. The van der Waals surface area contributed by atoms with Crippen molar-refractivity contribution in [2.45, 2.75) is 31.3 Å². The summed E-state index contributed by atoms with van der Waals surface area (Å²) in [5.74, 6) is -0.144. The van der Waals surface area contributed by atoms with Gasteiger partial charge in [-0.15, -0.1) is 0 Å². The van der Waals surface area contributed by atoms with Crippen LogP contribution in [0.5, 0.6) is 0 Å². The van der Waals surface area contributed by atoms with Gasteiger partial charge in [0.1, 0.15) is 5.82 Å². The molecule has 4 heteroatoms. The molecule has 1 spiro atoms. The van der Waals surface area contributed by atoms with E-state index in [2.05, 4.69) is 12.1 Å². The lowest BCUT2D eigenvalue weighted by Gasteiger charge is -2.32. The Kier molecular flexibility index (Phi) is 4.64. The van der Waals surface area contributed by atoms with Crippen molar-refractivity contribution in [3.05, 3.63) is 76.1 Å². The zero-order valence-corrected chi connectivity index (χ0v) is 15.5. The molecule has 1 fully saturated rings. The molecule has 2 nitrogen and oxygen atoms in total. The van der Waals surface area contributed by atoms with Gasteiger partial charge in [0.2, 0.25) is 0 Å². The third-order valence-corrected chi connectivity index (χ3v) is 6.08. The van der Waals surface area contributed by atoms with Crippen LogP contribution in [0.4, 0.5) is 4.39 Å². The van der Waals surface area contributed by atoms with Gasteiger partial charge in [-0.2, -0.15) is 0 Å². The average Bonchev–Trinajstić information content (AvgIpc) is 3.22. The maximum atomic E-state index is 13.4. The van der Waals surface area contributed by atoms with Crippen LogP contribution in [0.3, 0.4) is 0 Å². The summed E-state index contributed by atoms with van der Waals surface area (Å²) in [5.41, 5.74) is 3.79. The molecule has 1 aliphatic heterocycles. The van der Waals surface area contributed by atoms with Crippen LogP contribution in [0.1, 0.15) is 35.4 Å². The van der Waals surface area contributed by atoms with E-state index in [9.17, 15) is 9.50 Å². The zero-order chi connectivity index (χ0) is 18.3. The molecule has 1 saturated carbocycles. The highest BCUT2D eigenvalue weighted by atomic mass is 35.5. The predicted octanol–water partition coefficient (Wildman–Crippen LogP) is 5.13. The number of ether oxygens (including phenoxy) is 1. The number of aliphatic hydroxyl groups is 1. The highest BCUT2D eigenvalue weighted by Gasteiger charge is 2.51. The Balaban J connectivity index is 1.75. The van der Waals surface area contributed by atoms with Crippen molar-refractivity contribution < 1.29 is 14.2 Å². The molecular weight excluding hydrogens is 351 g/mol. The van der Waals surface area contributed by atoms with Crippen molar-refractivity contribution in [2.24, 2.45) is 5.92 Å². The van der Waals surface area contributed by atoms with Gasteiger partial charge in [0.25, 0.3) is 0 Å². The fourth-order valence-corrected chi connectivity index (χ4v) is 4.75. The van der Waals surface area contributed by atoms with E-state index in [1.54, 1.807) is 0 Å². The Bertz CT molecular complexity index is 846. The third kappa shape index (κ3) is 2.98. The number of benzene rings is 2. The number of aliphatic hydroxyl groups excluding tert-OH is 1. The molecule has 3 atom stereocenters. The maximum absolute atomic E-state index is 13.4. The lowest BCUT2D eigenvalue weighted by atomic mass is 9.80. The van der Waals surface area contributed by atoms with E-state index >= 15 is 0 Å². The summed E-state index contributed by atoms with van der Waals surface area (Å²) in [6.45, 7) is 2.64. The van der Waals surface area contributed by atoms with E-state index in [1.165, 1.54) is 12.1 Å². The standard InChI is InChI=1S/C22H22ClFO2/c1-14-2-7-20(23)19(10-14)17-11-22(26-13-17)9-8-16(12-25)21(22)15-3-5-18(24)6-4-15/h2-7,10-11,16,21,25H,8-9,12-13H2,1H3/t16?,21-,22-/m1/s1. The molecule has 0 aromatic heterocycles. The van der Waals surface area contributed by atoms with Crippen molar-refractivity contribution in [1.82, 2.24) is 0 Å². The third-order valence-electron chi connectivity index (χ3n) is 5.75. The molecule has 1 N–H and O–H groups in total. The first-order chi connectivity index (χ1) is 12.5. The van der Waals surface area contributed by atoms with Crippen LogP contribution < -0.4 is 0 Å². The van der Waals surface area contributed by atoms with Crippen LogP contribution >= 0.6 is 11.6 Å². The van der Waals surface area contributed by atoms with Crippen LogP contribution in [0.25, 0.3) is 5.57 Å². The maximum Gasteiger partial charge on any atom is 0.123 e. The van der Waals surface area contributed by atoms with Gasteiger partial charge >= 0.3 is 0 Å². The minimum Gasteiger partial charge on any atom is -0.396 e. The lowest BCUT2D eigenvalue weighted by molar-refractivity contribution is 0.0107. The van der Waals surface area contributed by atoms with Crippen LogP contribution in [-0.4, -0.2) is 23.9 Å². The van der Waals surface area contributed by atoms with Crippen molar-refractivity contribution in [2.75, 3.05) is 13.2 Å². The number of aryl methyl sites for hydroxylation is 1. The Hall–Kier alpha value is -1.68. The van der Waals surface area contributed by atoms with E-state index in [1.807, 2.05) is 31.2 Å². The molecule has 4 rings (SSSR count). The zero-order valence-electron chi connectivity index (χ0n) is 14.7. The molecule has 1 aliphatic carbocycles. The van der Waals surface area contributed by atoms with Crippen molar-refractivity contribution in [3.8, 4) is 0 Å². The van der Waals surface area contributed by atoms with Gasteiger partial charge < -0.3 is 9.84 Å². The van der Waals surface area contributed by atoms with Crippen LogP contribution in [0, 0.1) is 18.7 Å². The Labute approximate surface area is 158 Å². The molecule has 136 valence electrons. The van der Waals surface area contributed by atoms with E-state index in [-0.39, 0.29) is 24.3 Å². The summed E-state index contributed by atoms with van der Waals surface area (Å²) in [6.07, 6.45) is 3.91. The molecule has 1 unspecified atom stereocenters. The largest absolute Gasteiger partial charge is 0.396 e. The Morgan fingerprint density at radius 2 is 2.00 bits per heavy atom. The minimum atomic E-state index is -0.465. The van der Waals surface area contributed by atoms with Crippen LogP contribution in [-0.2, 0) is 4.74 Å². The van der Waals surface area contributed by atoms with Crippen LogP contribution in [0.15, 0.2) is 48.5 Å². The smallest absolute Gasteiger partial charge is 0.123 e. The van der Waals surface area contributed by atoms with E-state index in [0.717, 1.165) is 40.1 Å². The number of halogens is 2. The van der Waals surface area contributed by atoms with Crippen LogP contribution in [0.2, 0.25) is 5.02 Å². The second-order valence-electron chi connectivity index (χ2n) is 7.41. The van der Waals surface area contributed by atoms with Gasteiger partial charge in [0.05, 0.1) is 12.2 Å². The second kappa shape index (κ2) is 6.80. The van der Waals surface area contributed by atoms with Crippen molar-refractivity contribution in [1.29, 1.82) is 0 Å². The van der Waals surface area contributed by atoms with Gasteiger partial charge in [-0.25, -0.2) is 4.39 Å². The van der Waals surface area contributed by atoms with Gasteiger partial charge in [-0.1, -0.05) is 41.4 Å². The highest BCUT2D eigenvalue weighted by Crippen LogP contribution is 2.53. The Morgan fingerprint density at radius 3 is 2.73 bits per heavy atom. The van der Waals surface area contributed by atoms with Gasteiger partial charge in [0, 0.05) is 17.5 Å². The number of rotatable bonds is 3. The minimum absolute atomic E-state index is 0.00850. The fourth-order valence-electron chi connectivity index (χ4n) is 4.51. The molecule has 0 radical (unpaired) electrons. The summed E-state index contributed by atoms with van der Waals surface area (Å²) in [4.78, 5) is 0. The normalized spacial score (nSPS) is 27.9. The lowest BCUT2D eigenvalue weighted by Crippen LogP contribution is -2.33. The molecule has 0 saturated heterocycles. The topological polar surface area (TPSA) is 29.5 Å². The van der Waals surface area contributed by atoms with E-state index < -0.39 is 5.60 Å². The molecule has 26 heavy (non-hydrogen) atoms. The molecule has 2 aromatic rings. The summed E-state index contributed by atoms with van der Waals surface area (Å²) in [7, 11) is 0.